The normalized spacial score (nSPS) is 14.9. The summed E-state index contributed by atoms with van der Waals surface area (Å²) in [4.78, 5) is 66.2. The van der Waals surface area contributed by atoms with Crippen LogP contribution in [0.25, 0.3) is 21.5 Å². The molecule has 9 heteroatoms. The number of amides is 4. The fraction of sp³-hybridized carbons (Fsp3) is 0.0769. The van der Waals surface area contributed by atoms with Gasteiger partial charge < -0.3 is 0 Å². The first-order valence-corrected chi connectivity index (χ1v) is 10.9. The maximum atomic E-state index is 13.6. The Morgan fingerprint density at radius 3 is 1.83 bits per heavy atom. The van der Waals surface area contributed by atoms with E-state index < -0.39 is 28.6 Å². The summed E-state index contributed by atoms with van der Waals surface area (Å²) in [6, 6.07) is 15.1. The van der Waals surface area contributed by atoms with Crippen LogP contribution in [0.2, 0.25) is 0 Å². The molecule has 0 saturated heterocycles. The molecule has 9 nitrogen and oxygen atoms in total. The maximum Gasteiger partial charge on any atom is 0.277 e. The SMILES string of the molecule is CCN1C(=O)c2cccc3c(N4C(=O)c5cccc6c([N+](=O)[O-])ccc(c56)C4=O)ccc(c23)C1=O. The molecule has 0 fully saturated rings. The second kappa shape index (κ2) is 7.04. The fourth-order valence-electron chi connectivity index (χ4n) is 5.07. The second-order valence-electron chi connectivity index (χ2n) is 8.28. The molecule has 0 spiro atoms. The minimum Gasteiger partial charge on any atom is -0.275 e. The Labute approximate surface area is 197 Å². The van der Waals surface area contributed by atoms with Crippen molar-refractivity contribution < 1.29 is 24.1 Å². The van der Waals surface area contributed by atoms with Gasteiger partial charge >= 0.3 is 0 Å². The molecule has 0 radical (unpaired) electrons. The number of anilines is 1. The van der Waals surface area contributed by atoms with E-state index in [-0.39, 0.29) is 39.8 Å². The molecule has 0 bridgehead atoms. The monoisotopic (exact) mass is 465 g/mol. The predicted molar refractivity (Wildman–Crippen MR) is 127 cm³/mol. The van der Waals surface area contributed by atoms with E-state index in [0.29, 0.717) is 21.9 Å². The topological polar surface area (TPSA) is 118 Å². The molecule has 4 aromatic rings. The highest BCUT2D eigenvalue weighted by atomic mass is 16.6. The van der Waals surface area contributed by atoms with Crippen LogP contribution in [0.3, 0.4) is 0 Å². The number of rotatable bonds is 3. The first-order chi connectivity index (χ1) is 16.8. The van der Waals surface area contributed by atoms with E-state index in [4.69, 9.17) is 0 Å². The van der Waals surface area contributed by atoms with Gasteiger partial charge in [0, 0.05) is 51.0 Å². The lowest BCUT2D eigenvalue weighted by Gasteiger charge is -2.30. The van der Waals surface area contributed by atoms with Crippen LogP contribution in [0.5, 0.6) is 0 Å². The van der Waals surface area contributed by atoms with Gasteiger partial charge in [0.25, 0.3) is 29.3 Å². The molecule has 2 aliphatic heterocycles. The van der Waals surface area contributed by atoms with E-state index in [1.54, 1.807) is 25.1 Å². The van der Waals surface area contributed by atoms with Crippen LogP contribution >= 0.6 is 0 Å². The molecule has 2 heterocycles. The molecule has 4 aromatic carbocycles. The van der Waals surface area contributed by atoms with Crippen molar-refractivity contribution >= 4 is 56.5 Å². The lowest BCUT2D eigenvalue weighted by Crippen LogP contribution is -2.42. The van der Waals surface area contributed by atoms with Crippen molar-refractivity contribution in [1.29, 1.82) is 0 Å². The Hall–Kier alpha value is -4.92. The Morgan fingerprint density at radius 2 is 1.20 bits per heavy atom. The quantitative estimate of drug-likeness (QED) is 0.253. The van der Waals surface area contributed by atoms with Gasteiger partial charge in [0.1, 0.15) is 0 Å². The average Bonchev–Trinajstić information content (AvgIpc) is 2.86. The highest BCUT2D eigenvalue weighted by Gasteiger charge is 2.38. The summed E-state index contributed by atoms with van der Waals surface area (Å²) < 4.78 is 0. The Morgan fingerprint density at radius 1 is 0.686 bits per heavy atom. The van der Waals surface area contributed by atoms with Crippen molar-refractivity contribution in [1.82, 2.24) is 4.90 Å². The van der Waals surface area contributed by atoms with E-state index in [9.17, 15) is 29.3 Å². The number of nitrogens with zero attached hydrogens (tertiary/aromatic N) is 3. The van der Waals surface area contributed by atoms with Crippen LogP contribution < -0.4 is 4.90 Å². The van der Waals surface area contributed by atoms with E-state index >= 15 is 0 Å². The van der Waals surface area contributed by atoms with E-state index in [2.05, 4.69) is 0 Å². The molecule has 0 unspecified atom stereocenters. The van der Waals surface area contributed by atoms with E-state index in [1.807, 2.05) is 0 Å². The number of benzene rings is 4. The molecule has 0 aromatic heterocycles. The zero-order valence-electron chi connectivity index (χ0n) is 18.3. The van der Waals surface area contributed by atoms with Crippen LogP contribution in [0.15, 0.2) is 60.7 Å². The van der Waals surface area contributed by atoms with Crippen LogP contribution in [-0.4, -0.2) is 40.0 Å². The van der Waals surface area contributed by atoms with Gasteiger partial charge in [-0.25, -0.2) is 4.90 Å². The maximum absolute atomic E-state index is 13.6. The van der Waals surface area contributed by atoms with Crippen molar-refractivity contribution in [3.8, 4) is 0 Å². The fourth-order valence-corrected chi connectivity index (χ4v) is 5.07. The minimum absolute atomic E-state index is 0.158. The molecule has 2 aliphatic rings. The van der Waals surface area contributed by atoms with Gasteiger partial charge in [-0.1, -0.05) is 18.2 Å². The molecule has 6 rings (SSSR count). The molecule has 170 valence electrons. The molecular formula is C26H15N3O6. The number of hydrogen-bond donors (Lipinski definition) is 0. The number of nitro groups is 1. The number of imide groups is 2. The van der Waals surface area contributed by atoms with Gasteiger partial charge in [-0.3, -0.25) is 34.2 Å². The summed E-state index contributed by atoms with van der Waals surface area (Å²) in [7, 11) is 0. The van der Waals surface area contributed by atoms with Crippen molar-refractivity contribution in [2.24, 2.45) is 0 Å². The molecule has 0 N–H and O–H groups in total. The van der Waals surface area contributed by atoms with Crippen LogP contribution in [0.4, 0.5) is 11.4 Å². The van der Waals surface area contributed by atoms with Crippen molar-refractivity contribution in [2.45, 2.75) is 6.92 Å². The van der Waals surface area contributed by atoms with Crippen molar-refractivity contribution in [3.05, 3.63) is 93.0 Å². The zero-order valence-corrected chi connectivity index (χ0v) is 18.3. The summed E-state index contributed by atoms with van der Waals surface area (Å²) in [5.41, 5.74) is 0.980. The summed E-state index contributed by atoms with van der Waals surface area (Å²) in [6.07, 6.45) is 0. The zero-order chi connectivity index (χ0) is 24.6. The third kappa shape index (κ3) is 2.57. The minimum atomic E-state index is -0.641. The van der Waals surface area contributed by atoms with Gasteiger partial charge in [-0.15, -0.1) is 0 Å². The van der Waals surface area contributed by atoms with E-state index in [1.165, 1.54) is 42.5 Å². The first kappa shape index (κ1) is 20.7. The number of non-ortho nitro benzene ring substituents is 1. The van der Waals surface area contributed by atoms with E-state index in [0.717, 1.165) is 9.80 Å². The lowest BCUT2D eigenvalue weighted by atomic mass is 9.90. The number of hydrogen-bond acceptors (Lipinski definition) is 6. The molecule has 0 atom stereocenters. The van der Waals surface area contributed by atoms with Gasteiger partial charge in [0.2, 0.25) is 0 Å². The van der Waals surface area contributed by atoms with Gasteiger partial charge in [0.15, 0.2) is 0 Å². The highest BCUT2D eigenvalue weighted by molar-refractivity contribution is 6.38. The third-order valence-electron chi connectivity index (χ3n) is 6.61. The van der Waals surface area contributed by atoms with Crippen molar-refractivity contribution in [3.63, 3.8) is 0 Å². The van der Waals surface area contributed by atoms with Gasteiger partial charge in [-0.05, 0) is 43.3 Å². The van der Waals surface area contributed by atoms with Crippen LogP contribution in [-0.2, 0) is 0 Å². The molecule has 0 aliphatic carbocycles. The standard InChI is InChI=1S/C26H15N3O6/c1-2-27-23(30)15-7-3-5-13-19(11-9-17(21(13)15)24(27)31)28-25(32)16-8-4-6-14-20(29(34)35)12-10-18(22(14)16)26(28)33/h3-12H,2H2,1H3. The first-order valence-electron chi connectivity index (χ1n) is 10.9. The summed E-state index contributed by atoms with van der Waals surface area (Å²) in [5.74, 6) is -2.16. The molecule has 0 saturated carbocycles. The van der Waals surface area contributed by atoms with Crippen LogP contribution in [0, 0.1) is 10.1 Å². The smallest absolute Gasteiger partial charge is 0.275 e. The summed E-state index contributed by atoms with van der Waals surface area (Å²) in [6.45, 7) is 1.92. The molecular weight excluding hydrogens is 450 g/mol. The van der Waals surface area contributed by atoms with Gasteiger partial charge in [-0.2, -0.15) is 0 Å². The average molecular weight is 465 g/mol. The highest BCUT2D eigenvalue weighted by Crippen LogP contribution is 2.41. The molecule has 4 amide bonds. The Bertz CT molecular complexity index is 1660. The summed E-state index contributed by atoms with van der Waals surface area (Å²) in [5, 5.41) is 12.7. The lowest BCUT2D eigenvalue weighted by molar-refractivity contribution is -0.383. The Kier molecular flexibility index (Phi) is 4.16. The summed E-state index contributed by atoms with van der Waals surface area (Å²) >= 11 is 0. The number of carbonyl (C=O) groups is 4. The Balaban J connectivity index is 1.61. The van der Waals surface area contributed by atoms with Crippen molar-refractivity contribution in [2.75, 3.05) is 11.4 Å². The number of carbonyl (C=O) groups excluding carboxylic acids is 4. The van der Waals surface area contributed by atoms with Gasteiger partial charge in [0.05, 0.1) is 16.0 Å². The second-order valence-corrected chi connectivity index (χ2v) is 8.28. The number of nitro benzene ring substituents is 1. The largest absolute Gasteiger partial charge is 0.277 e. The molecule has 35 heavy (non-hydrogen) atoms. The van der Waals surface area contributed by atoms with Crippen LogP contribution in [0.1, 0.15) is 48.4 Å². The third-order valence-corrected chi connectivity index (χ3v) is 6.61. The predicted octanol–water partition coefficient (Wildman–Crippen LogP) is 4.32.